The van der Waals surface area contributed by atoms with Crippen molar-refractivity contribution in [1.29, 1.82) is 0 Å². The van der Waals surface area contributed by atoms with Crippen molar-refractivity contribution in [3.8, 4) is 0 Å². The maximum Gasteiger partial charge on any atom is 0.268 e. The molecule has 0 saturated heterocycles. The fraction of sp³-hybridized carbons (Fsp3) is 0.267. The number of methoxy groups -OCH3 is 1. The zero-order valence-corrected chi connectivity index (χ0v) is 21.6. The van der Waals surface area contributed by atoms with Gasteiger partial charge in [-0.05, 0) is 59.0 Å². The zero-order chi connectivity index (χ0) is 26.6. The summed E-state index contributed by atoms with van der Waals surface area (Å²) in [4.78, 5) is 25.7. The topological polar surface area (TPSA) is 72.4 Å². The summed E-state index contributed by atoms with van der Waals surface area (Å²) in [5.41, 5.74) is 4.52. The standard InChI is InChI=1S/C30H32FN3O3/c1-30(2,3)23-10-8-20(9-11-23)19-34-26-13-12-25(33-28(35)21-6-5-7-24(31)16-21)17-22(26)18-27(34)29(36)32-14-15-37-4/h5-13,16-18H,14-15,19H2,1-4H3,(H,32,36)(H,33,35). The van der Waals surface area contributed by atoms with Crippen LogP contribution < -0.4 is 10.6 Å². The number of nitrogens with one attached hydrogen (secondary N) is 2. The summed E-state index contributed by atoms with van der Waals surface area (Å²) in [5, 5.41) is 6.52. The third-order valence-electron chi connectivity index (χ3n) is 6.23. The largest absolute Gasteiger partial charge is 0.383 e. The molecule has 3 aromatic carbocycles. The minimum Gasteiger partial charge on any atom is -0.383 e. The van der Waals surface area contributed by atoms with Gasteiger partial charge in [-0.1, -0.05) is 51.1 Å². The molecule has 0 aliphatic carbocycles. The van der Waals surface area contributed by atoms with Gasteiger partial charge < -0.3 is 19.9 Å². The molecule has 7 heteroatoms. The summed E-state index contributed by atoms with van der Waals surface area (Å²) in [5.74, 6) is -1.08. The zero-order valence-electron chi connectivity index (χ0n) is 21.6. The predicted octanol–water partition coefficient (Wildman–Crippen LogP) is 5.75. The molecule has 0 spiro atoms. The second-order valence-electron chi connectivity index (χ2n) is 10.0. The van der Waals surface area contributed by atoms with Crippen LogP contribution in [0.15, 0.2) is 72.8 Å². The number of anilines is 1. The molecule has 1 heterocycles. The van der Waals surface area contributed by atoms with Gasteiger partial charge in [0.25, 0.3) is 11.8 Å². The van der Waals surface area contributed by atoms with Gasteiger partial charge in [0.05, 0.1) is 6.61 Å². The summed E-state index contributed by atoms with van der Waals surface area (Å²) < 4.78 is 20.6. The van der Waals surface area contributed by atoms with Crippen LogP contribution in [0, 0.1) is 5.82 Å². The number of benzene rings is 3. The van der Waals surface area contributed by atoms with E-state index in [0.717, 1.165) is 16.5 Å². The lowest BCUT2D eigenvalue weighted by molar-refractivity contribution is 0.0928. The first-order valence-electron chi connectivity index (χ1n) is 12.2. The lowest BCUT2D eigenvalue weighted by Crippen LogP contribution is -2.29. The summed E-state index contributed by atoms with van der Waals surface area (Å²) in [6.45, 7) is 7.84. The van der Waals surface area contributed by atoms with Crippen molar-refractivity contribution in [3.05, 3.63) is 101 Å². The van der Waals surface area contributed by atoms with E-state index in [0.29, 0.717) is 31.1 Å². The van der Waals surface area contributed by atoms with E-state index in [1.807, 2.05) is 22.8 Å². The van der Waals surface area contributed by atoms with Gasteiger partial charge in [-0.25, -0.2) is 4.39 Å². The number of hydrogen-bond acceptors (Lipinski definition) is 3. The molecule has 0 bridgehead atoms. The minimum atomic E-state index is -0.472. The average molecular weight is 502 g/mol. The number of amides is 2. The highest BCUT2D eigenvalue weighted by molar-refractivity contribution is 6.06. The van der Waals surface area contributed by atoms with Gasteiger partial charge in [0.1, 0.15) is 11.5 Å². The Labute approximate surface area is 216 Å². The van der Waals surface area contributed by atoms with E-state index in [-0.39, 0.29) is 16.9 Å². The van der Waals surface area contributed by atoms with Crippen molar-refractivity contribution in [2.24, 2.45) is 0 Å². The maximum atomic E-state index is 13.5. The van der Waals surface area contributed by atoms with Gasteiger partial charge in [0, 0.05) is 42.4 Å². The first kappa shape index (κ1) is 26.1. The highest BCUT2D eigenvalue weighted by Crippen LogP contribution is 2.27. The van der Waals surface area contributed by atoms with Gasteiger partial charge in [-0.15, -0.1) is 0 Å². The summed E-state index contributed by atoms with van der Waals surface area (Å²) >= 11 is 0. The summed E-state index contributed by atoms with van der Waals surface area (Å²) in [6.07, 6.45) is 0. The molecule has 4 aromatic rings. The molecule has 0 aliphatic heterocycles. The molecule has 0 fully saturated rings. The van der Waals surface area contributed by atoms with Crippen molar-refractivity contribution >= 4 is 28.4 Å². The number of hydrogen-bond donors (Lipinski definition) is 2. The molecule has 192 valence electrons. The molecule has 2 N–H and O–H groups in total. The van der Waals surface area contributed by atoms with Gasteiger partial charge >= 0.3 is 0 Å². The fourth-order valence-corrected chi connectivity index (χ4v) is 4.19. The molecule has 2 amide bonds. The first-order chi connectivity index (χ1) is 17.7. The highest BCUT2D eigenvalue weighted by atomic mass is 19.1. The molecule has 0 aliphatic rings. The number of carbonyl (C=O) groups excluding carboxylic acids is 2. The number of fused-ring (bicyclic) bond motifs is 1. The maximum absolute atomic E-state index is 13.5. The molecule has 1 aromatic heterocycles. The second kappa shape index (κ2) is 11.0. The highest BCUT2D eigenvalue weighted by Gasteiger charge is 2.18. The summed E-state index contributed by atoms with van der Waals surface area (Å²) in [6, 6.07) is 21.3. The number of carbonyl (C=O) groups is 2. The Morgan fingerprint density at radius 2 is 1.70 bits per heavy atom. The van der Waals surface area contributed by atoms with Crippen molar-refractivity contribution in [2.45, 2.75) is 32.7 Å². The van der Waals surface area contributed by atoms with Crippen LogP contribution in [-0.2, 0) is 16.7 Å². The van der Waals surface area contributed by atoms with E-state index in [2.05, 4.69) is 55.7 Å². The normalized spacial score (nSPS) is 11.5. The third-order valence-corrected chi connectivity index (χ3v) is 6.23. The number of rotatable bonds is 8. The van der Waals surface area contributed by atoms with E-state index < -0.39 is 11.7 Å². The Morgan fingerprint density at radius 1 is 0.946 bits per heavy atom. The summed E-state index contributed by atoms with van der Waals surface area (Å²) in [7, 11) is 1.59. The van der Waals surface area contributed by atoms with Crippen LogP contribution in [0.1, 0.15) is 52.7 Å². The van der Waals surface area contributed by atoms with Gasteiger partial charge in [-0.3, -0.25) is 9.59 Å². The molecular formula is C30H32FN3O3. The predicted molar refractivity (Wildman–Crippen MR) is 145 cm³/mol. The number of halogens is 1. The molecule has 4 rings (SSSR count). The van der Waals surface area contributed by atoms with E-state index in [4.69, 9.17) is 4.74 Å². The quantitative estimate of drug-likeness (QED) is 0.302. The van der Waals surface area contributed by atoms with Crippen molar-refractivity contribution < 1.29 is 18.7 Å². The van der Waals surface area contributed by atoms with Crippen LogP contribution in [0.4, 0.5) is 10.1 Å². The van der Waals surface area contributed by atoms with Crippen LogP contribution in [0.5, 0.6) is 0 Å². The van der Waals surface area contributed by atoms with Gasteiger partial charge in [-0.2, -0.15) is 0 Å². The molecular weight excluding hydrogens is 469 g/mol. The smallest absolute Gasteiger partial charge is 0.268 e. The molecule has 6 nitrogen and oxygen atoms in total. The average Bonchev–Trinajstić information content (AvgIpc) is 3.21. The SMILES string of the molecule is COCCNC(=O)c1cc2cc(NC(=O)c3cccc(F)c3)ccc2n1Cc1ccc(C(C)(C)C)cc1. The van der Waals surface area contributed by atoms with Crippen LogP contribution in [0.2, 0.25) is 0 Å². The lowest BCUT2D eigenvalue weighted by Gasteiger charge is -2.19. The fourth-order valence-electron chi connectivity index (χ4n) is 4.19. The molecule has 0 saturated carbocycles. The number of ether oxygens (including phenoxy) is 1. The van der Waals surface area contributed by atoms with Crippen molar-refractivity contribution in [1.82, 2.24) is 9.88 Å². The monoisotopic (exact) mass is 501 g/mol. The molecule has 0 atom stereocenters. The van der Waals surface area contributed by atoms with E-state index in [1.54, 1.807) is 19.2 Å². The van der Waals surface area contributed by atoms with Gasteiger partial charge in [0.15, 0.2) is 0 Å². The Kier molecular flexibility index (Phi) is 7.74. The Hall–Kier alpha value is -3.97. The van der Waals surface area contributed by atoms with Gasteiger partial charge in [0.2, 0.25) is 0 Å². The van der Waals surface area contributed by atoms with E-state index in [9.17, 15) is 14.0 Å². The minimum absolute atomic E-state index is 0.0530. The Balaban J connectivity index is 1.66. The first-order valence-corrected chi connectivity index (χ1v) is 12.2. The number of aromatic nitrogens is 1. The van der Waals surface area contributed by atoms with E-state index in [1.165, 1.54) is 23.8 Å². The molecule has 37 heavy (non-hydrogen) atoms. The molecule has 0 unspecified atom stereocenters. The van der Waals surface area contributed by atoms with Crippen molar-refractivity contribution in [3.63, 3.8) is 0 Å². The second-order valence-corrected chi connectivity index (χ2v) is 10.0. The van der Waals surface area contributed by atoms with E-state index >= 15 is 0 Å². The Morgan fingerprint density at radius 3 is 2.38 bits per heavy atom. The van der Waals surface area contributed by atoms with Crippen LogP contribution >= 0.6 is 0 Å². The van der Waals surface area contributed by atoms with Crippen LogP contribution in [0.3, 0.4) is 0 Å². The Bertz CT molecular complexity index is 1420. The van der Waals surface area contributed by atoms with Crippen LogP contribution in [-0.4, -0.2) is 36.6 Å². The number of nitrogens with zero attached hydrogens (tertiary/aromatic N) is 1. The lowest BCUT2D eigenvalue weighted by atomic mass is 9.87. The van der Waals surface area contributed by atoms with Crippen molar-refractivity contribution in [2.75, 3.05) is 25.6 Å². The molecule has 0 radical (unpaired) electrons. The van der Waals surface area contributed by atoms with Crippen LogP contribution in [0.25, 0.3) is 10.9 Å². The third kappa shape index (κ3) is 6.24.